The highest BCUT2D eigenvalue weighted by Crippen LogP contribution is 1.78. The molecule has 3 nitrogen and oxygen atoms in total. The summed E-state index contributed by atoms with van der Waals surface area (Å²) in [6, 6.07) is 0. The van der Waals surface area contributed by atoms with E-state index in [2.05, 4.69) is 10.3 Å². The molecule has 0 aromatic heterocycles. The molecule has 0 aromatic carbocycles. The third kappa shape index (κ3) is 4.90. The van der Waals surface area contributed by atoms with Crippen LogP contribution in [0.5, 0.6) is 0 Å². The first-order chi connectivity index (χ1) is 4.81. The number of rotatable bonds is 3. The van der Waals surface area contributed by atoms with Crippen LogP contribution in [-0.4, -0.2) is 20.3 Å². The number of nitrogens with two attached hydrogens (primary N) is 1. The molecule has 0 saturated heterocycles. The molecule has 0 atom stereocenters. The Hall–Kier alpha value is -1.25. The fourth-order valence-corrected chi connectivity index (χ4v) is 0.448. The number of hydrogen-bond acceptors (Lipinski definition) is 3. The zero-order chi connectivity index (χ0) is 7.82. The maximum atomic E-state index is 5.46. The average Bonchev–Trinajstić information content (AvgIpc) is 1.89. The van der Waals surface area contributed by atoms with E-state index in [4.69, 9.17) is 5.73 Å². The minimum absolute atomic E-state index is 0.647. The molecule has 0 radical (unpaired) electrons. The van der Waals surface area contributed by atoms with Crippen LogP contribution in [0.15, 0.2) is 29.0 Å². The van der Waals surface area contributed by atoms with E-state index < -0.39 is 0 Å². The number of aliphatic imine (C=N–C) groups is 1. The van der Waals surface area contributed by atoms with Crippen LogP contribution in [0.2, 0.25) is 0 Å². The second-order valence-electron chi connectivity index (χ2n) is 1.70. The van der Waals surface area contributed by atoms with E-state index in [1.807, 2.05) is 13.1 Å². The van der Waals surface area contributed by atoms with Crippen LogP contribution < -0.4 is 11.1 Å². The van der Waals surface area contributed by atoms with E-state index in [-0.39, 0.29) is 0 Å². The molecule has 0 saturated carbocycles. The Morgan fingerprint density at radius 3 is 2.80 bits per heavy atom. The Balaban J connectivity index is 3.79. The molecular weight excluding hydrogens is 126 g/mol. The molecule has 0 amide bonds. The van der Waals surface area contributed by atoms with Crippen LogP contribution in [-0.2, 0) is 0 Å². The Morgan fingerprint density at radius 1 is 1.60 bits per heavy atom. The van der Waals surface area contributed by atoms with Gasteiger partial charge in [-0.15, -0.1) is 0 Å². The van der Waals surface area contributed by atoms with Gasteiger partial charge in [0.1, 0.15) is 0 Å². The van der Waals surface area contributed by atoms with Crippen molar-refractivity contribution in [3.63, 3.8) is 0 Å². The highest BCUT2D eigenvalue weighted by molar-refractivity contribution is 5.77. The highest BCUT2D eigenvalue weighted by atomic mass is 14.8. The van der Waals surface area contributed by atoms with Crippen molar-refractivity contribution in [2.45, 2.75) is 0 Å². The van der Waals surface area contributed by atoms with Gasteiger partial charge in [-0.3, -0.25) is 4.99 Å². The van der Waals surface area contributed by atoms with Crippen molar-refractivity contribution in [1.29, 1.82) is 0 Å². The zero-order valence-corrected chi connectivity index (χ0v) is 6.33. The second kappa shape index (κ2) is 5.88. The van der Waals surface area contributed by atoms with Crippen molar-refractivity contribution >= 4 is 6.21 Å². The molecular formula is C7H13N3. The van der Waals surface area contributed by atoms with Gasteiger partial charge in [0, 0.05) is 26.0 Å². The van der Waals surface area contributed by atoms with Crippen molar-refractivity contribution in [3.05, 3.63) is 24.0 Å². The Kier molecular flexibility index (Phi) is 5.14. The molecule has 0 bridgehead atoms. The molecule has 10 heavy (non-hydrogen) atoms. The lowest BCUT2D eigenvalue weighted by Crippen LogP contribution is -1.97. The van der Waals surface area contributed by atoms with Gasteiger partial charge in [-0.2, -0.15) is 0 Å². The molecule has 3 heteroatoms. The molecule has 0 unspecified atom stereocenters. The van der Waals surface area contributed by atoms with E-state index in [0.717, 1.165) is 0 Å². The Labute approximate surface area is 61.3 Å². The normalized spacial score (nSPS) is 13.2. The van der Waals surface area contributed by atoms with Crippen molar-refractivity contribution in [1.82, 2.24) is 5.32 Å². The number of nitrogens with zero attached hydrogens (tertiary/aromatic N) is 1. The van der Waals surface area contributed by atoms with Crippen LogP contribution in [0.25, 0.3) is 0 Å². The summed E-state index contributed by atoms with van der Waals surface area (Å²) in [7, 11) is 3.51. The van der Waals surface area contributed by atoms with Gasteiger partial charge in [-0.05, 0) is 18.4 Å². The van der Waals surface area contributed by atoms with Gasteiger partial charge >= 0.3 is 0 Å². The first-order valence-corrected chi connectivity index (χ1v) is 3.03. The maximum absolute atomic E-state index is 5.46. The summed E-state index contributed by atoms with van der Waals surface area (Å²) in [6.07, 6.45) is 6.97. The second-order valence-corrected chi connectivity index (χ2v) is 1.70. The van der Waals surface area contributed by atoms with Gasteiger partial charge in [0.05, 0.1) is 0 Å². The van der Waals surface area contributed by atoms with Gasteiger partial charge in [0.2, 0.25) is 0 Å². The van der Waals surface area contributed by atoms with Crippen LogP contribution in [0.4, 0.5) is 0 Å². The molecule has 0 spiro atoms. The SMILES string of the molecule is CN=C/C(N)=C\C=C/NC. The molecule has 0 aliphatic rings. The van der Waals surface area contributed by atoms with E-state index >= 15 is 0 Å². The van der Waals surface area contributed by atoms with Crippen LogP contribution >= 0.6 is 0 Å². The lowest BCUT2D eigenvalue weighted by molar-refractivity contribution is 1.10. The van der Waals surface area contributed by atoms with Gasteiger partial charge < -0.3 is 11.1 Å². The van der Waals surface area contributed by atoms with Gasteiger partial charge in [0.25, 0.3) is 0 Å². The standard InChI is InChI=1S/C7H13N3/c1-9-5-3-4-7(8)6-10-2/h3-6,9H,8H2,1-2H3/b5-3-,7-4+,10-6?. The molecule has 56 valence electrons. The topological polar surface area (TPSA) is 50.4 Å². The van der Waals surface area contributed by atoms with Gasteiger partial charge in [0.15, 0.2) is 0 Å². The van der Waals surface area contributed by atoms with E-state index in [1.165, 1.54) is 0 Å². The minimum Gasteiger partial charge on any atom is -0.397 e. The molecule has 0 fully saturated rings. The summed E-state index contributed by atoms with van der Waals surface area (Å²) >= 11 is 0. The first kappa shape index (κ1) is 8.75. The van der Waals surface area contributed by atoms with Gasteiger partial charge in [-0.25, -0.2) is 0 Å². The summed E-state index contributed by atoms with van der Waals surface area (Å²) in [4.78, 5) is 3.74. The fraction of sp³-hybridized carbons (Fsp3) is 0.286. The molecule has 0 rings (SSSR count). The predicted molar refractivity (Wildman–Crippen MR) is 44.9 cm³/mol. The summed E-state index contributed by atoms with van der Waals surface area (Å²) in [5, 5.41) is 2.84. The number of allylic oxidation sites excluding steroid dienone is 3. The monoisotopic (exact) mass is 139 g/mol. The first-order valence-electron chi connectivity index (χ1n) is 3.03. The number of hydrogen-bond donors (Lipinski definition) is 2. The molecule has 0 heterocycles. The van der Waals surface area contributed by atoms with Crippen LogP contribution in [0, 0.1) is 0 Å². The van der Waals surface area contributed by atoms with E-state index in [9.17, 15) is 0 Å². The quantitative estimate of drug-likeness (QED) is 0.435. The van der Waals surface area contributed by atoms with Crippen LogP contribution in [0.3, 0.4) is 0 Å². The average molecular weight is 139 g/mol. The third-order valence-electron chi connectivity index (χ3n) is 0.830. The van der Waals surface area contributed by atoms with E-state index in [0.29, 0.717) is 5.70 Å². The van der Waals surface area contributed by atoms with Crippen molar-refractivity contribution in [3.8, 4) is 0 Å². The fourth-order valence-electron chi connectivity index (χ4n) is 0.448. The maximum Gasteiger partial charge on any atom is 0.0495 e. The smallest absolute Gasteiger partial charge is 0.0495 e. The largest absolute Gasteiger partial charge is 0.397 e. The lowest BCUT2D eigenvalue weighted by Gasteiger charge is -1.86. The predicted octanol–water partition coefficient (Wildman–Crippen LogP) is 0.263. The summed E-state index contributed by atoms with van der Waals surface area (Å²) in [5.41, 5.74) is 6.10. The summed E-state index contributed by atoms with van der Waals surface area (Å²) in [6.45, 7) is 0. The molecule has 0 aromatic rings. The summed E-state index contributed by atoms with van der Waals surface area (Å²) < 4.78 is 0. The molecule has 0 aliphatic heterocycles. The van der Waals surface area contributed by atoms with Crippen LogP contribution in [0.1, 0.15) is 0 Å². The van der Waals surface area contributed by atoms with Crippen molar-refractivity contribution in [2.24, 2.45) is 10.7 Å². The minimum atomic E-state index is 0.647. The van der Waals surface area contributed by atoms with E-state index in [1.54, 1.807) is 25.5 Å². The van der Waals surface area contributed by atoms with Gasteiger partial charge in [-0.1, -0.05) is 0 Å². The highest BCUT2D eigenvalue weighted by Gasteiger charge is 1.75. The summed E-state index contributed by atoms with van der Waals surface area (Å²) in [5.74, 6) is 0. The van der Waals surface area contributed by atoms with Crippen molar-refractivity contribution < 1.29 is 0 Å². The third-order valence-corrected chi connectivity index (χ3v) is 0.830. The molecule has 0 aliphatic carbocycles. The Morgan fingerprint density at radius 2 is 2.30 bits per heavy atom. The number of nitrogens with one attached hydrogen (secondary N) is 1. The van der Waals surface area contributed by atoms with Crippen molar-refractivity contribution in [2.75, 3.05) is 14.1 Å². The molecule has 3 N–H and O–H groups in total. The lowest BCUT2D eigenvalue weighted by atomic mass is 10.4. The Bertz CT molecular complexity index is 156. The zero-order valence-electron chi connectivity index (χ0n) is 6.33.